The van der Waals surface area contributed by atoms with Crippen LogP contribution >= 0.6 is 34.5 Å². The van der Waals surface area contributed by atoms with Crippen molar-refractivity contribution in [3.8, 4) is 5.00 Å². The van der Waals surface area contributed by atoms with E-state index in [1.54, 1.807) is 60.0 Å². The summed E-state index contributed by atoms with van der Waals surface area (Å²) in [4.78, 5) is 26.7. The number of hydrogen-bond acceptors (Lipinski definition) is 6. The second kappa shape index (κ2) is 10.4. The maximum atomic E-state index is 13.4. The summed E-state index contributed by atoms with van der Waals surface area (Å²) < 4.78 is 7.10. The van der Waals surface area contributed by atoms with E-state index in [-0.39, 0.29) is 12.4 Å². The van der Waals surface area contributed by atoms with E-state index in [0.29, 0.717) is 43.5 Å². The quantitative estimate of drug-likeness (QED) is 0.285. The van der Waals surface area contributed by atoms with Gasteiger partial charge in [-0.3, -0.25) is 14.7 Å². The third-order valence-electron chi connectivity index (χ3n) is 5.01. The molecular formula is C24H20Cl2N4O3S. The molecule has 1 amide bonds. The number of ether oxygens (including phenoxy) is 1. The number of amides is 1. The van der Waals surface area contributed by atoms with Crippen LogP contribution in [-0.2, 0) is 17.8 Å². The average molecular weight is 515 g/mol. The van der Waals surface area contributed by atoms with Crippen molar-refractivity contribution in [1.29, 1.82) is 0 Å². The van der Waals surface area contributed by atoms with Crippen LogP contribution in [0.1, 0.15) is 39.4 Å². The van der Waals surface area contributed by atoms with Gasteiger partial charge in [0, 0.05) is 10.4 Å². The largest absolute Gasteiger partial charge is 0.441 e. The molecule has 0 aliphatic heterocycles. The van der Waals surface area contributed by atoms with Gasteiger partial charge < -0.3 is 4.74 Å². The van der Waals surface area contributed by atoms with E-state index in [1.165, 1.54) is 11.3 Å². The molecular weight excluding hydrogens is 495 g/mol. The van der Waals surface area contributed by atoms with Crippen LogP contribution in [0.2, 0.25) is 10.0 Å². The van der Waals surface area contributed by atoms with Crippen molar-refractivity contribution in [3.63, 3.8) is 0 Å². The lowest BCUT2D eigenvalue weighted by Crippen LogP contribution is -2.16. The number of nitrogens with one attached hydrogen (secondary N) is 1. The molecule has 0 bridgehead atoms. The Morgan fingerprint density at radius 1 is 1.03 bits per heavy atom. The van der Waals surface area contributed by atoms with Crippen molar-refractivity contribution < 1.29 is 14.3 Å². The molecule has 7 nitrogen and oxygen atoms in total. The molecule has 0 unspecified atom stereocenters. The average Bonchev–Trinajstić information content (AvgIpc) is 3.42. The zero-order valence-electron chi connectivity index (χ0n) is 18.3. The molecule has 0 saturated carbocycles. The molecule has 0 saturated heterocycles. The molecule has 0 aliphatic carbocycles. The highest BCUT2D eigenvalue weighted by Gasteiger charge is 2.24. The molecule has 1 N–H and O–H groups in total. The second-order valence-corrected chi connectivity index (χ2v) is 9.20. The molecule has 0 fully saturated rings. The fourth-order valence-corrected chi connectivity index (χ4v) is 4.89. The Kier molecular flexibility index (Phi) is 7.31. The van der Waals surface area contributed by atoms with Crippen LogP contribution in [-0.4, -0.2) is 26.6 Å². The van der Waals surface area contributed by atoms with Gasteiger partial charge in [-0.15, -0.1) is 21.5 Å². The minimum absolute atomic E-state index is 0.157. The molecule has 174 valence electrons. The third kappa shape index (κ3) is 4.99. The lowest BCUT2D eigenvalue weighted by atomic mass is 10.0. The molecule has 4 aromatic rings. The molecule has 4 rings (SSSR count). The zero-order chi connectivity index (χ0) is 24.2. The molecule has 0 spiro atoms. The van der Waals surface area contributed by atoms with E-state index < -0.39 is 6.09 Å². The SMILES string of the molecule is CCc1cc(C(=O)c2ccccc2Cl)c(-n2c(C)nnc2COC(=O)Nc2ccccc2Cl)s1. The normalized spacial score (nSPS) is 10.8. The Bertz CT molecular complexity index is 1370. The van der Waals surface area contributed by atoms with Crippen molar-refractivity contribution in [2.24, 2.45) is 0 Å². The topological polar surface area (TPSA) is 86.1 Å². The smallest absolute Gasteiger partial charge is 0.412 e. The summed E-state index contributed by atoms with van der Waals surface area (Å²) in [6.07, 6.45) is 0.0638. The fraction of sp³-hybridized carbons (Fsp3) is 0.167. The summed E-state index contributed by atoms with van der Waals surface area (Å²) in [6, 6.07) is 15.6. The van der Waals surface area contributed by atoms with E-state index in [9.17, 15) is 9.59 Å². The standard InChI is InChI=1S/C24H20Cl2N4O3S/c1-3-15-12-17(22(31)16-8-4-5-9-18(16)25)23(34-15)30-14(2)28-29-21(30)13-33-24(32)27-20-11-7-6-10-19(20)26/h4-12H,3,13H2,1-2H3,(H,27,32). The number of halogens is 2. The Morgan fingerprint density at radius 3 is 2.44 bits per heavy atom. The maximum Gasteiger partial charge on any atom is 0.412 e. The fourth-order valence-electron chi connectivity index (χ4n) is 3.33. The summed E-state index contributed by atoms with van der Waals surface area (Å²) in [6.45, 7) is 3.63. The number of thiophene rings is 1. The Morgan fingerprint density at radius 2 is 1.74 bits per heavy atom. The van der Waals surface area contributed by atoms with Gasteiger partial charge >= 0.3 is 6.09 Å². The number of rotatable bonds is 7. The monoisotopic (exact) mass is 514 g/mol. The molecule has 10 heteroatoms. The van der Waals surface area contributed by atoms with Crippen LogP contribution < -0.4 is 5.32 Å². The van der Waals surface area contributed by atoms with Crippen molar-refractivity contribution in [2.45, 2.75) is 26.9 Å². The van der Waals surface area contributed by atoms with Gasteiger partial charge in [-0.25, -0.2) is 4.79 Å². The first-order valence-corrected chi connectivity index (χ1v) is 12.0. The van der Waals surface area contributed by atoms with Gasteiger partial charge in [0.2, 0.25) is 0 Å². The summed E-state index contributed by atoms with van der Waals surface area (Å²) >= 11 is 13.8. The number of ketones is 1. The third-order valence-corrected chi connectivity index (χ3v) is 6.94. The number of nitrogens with zero attached hydrogens (tertiary/aromatic N) is 3. The van der Waals surface area contributed by atoms with Gasteiger partial charge in [0.05, 0.1) is 21.3 Å². The van der Waals surface area contributed by atoms with Gasteiger partial charge in [0.25, 0.3) is 0 Å². The molecule has 0 atom stereocenters. The number of benzene rings is 2. The summed E-state index contributed by atoms with van der Waals surface area (Å²) in [5.74, 6) is 0.736. The molecule has 2 aromatic carbocycles. The van der Waals surface area contributed by atoms with Gasteiger partial charge in [0.15, 0.2) is 18.2 Å². The number of anilines is 1. The highest BCUT2D eigenvalue weighted by atomic mass is 35.5. The summed E-state index contributed by atoms with van der Waals surface area (Å²) in [5.41, 5.74) is 1.33. The highest BCUT2D eigenvalue weighted by molar-refractivity contribution is 7.15. The molecule has 0 aliphatic rings. The Hall–Kier alpha value is -3.20. The summed E-state index contributed by atoms with van der Waals surface area (Å²) in [5, 5.41) is 12.3. The zero-order valence-corrected chi connectivity index (χ0v) is 20.7. The van der Waals surface area contributed by atoms with Crippen LogP contribution in [0, 0.1) is 6.92 Å². The van der Waals surface area contributed by atoms with Crippen molar-refractivity contribution in [3.05, 3.63) is 92.3 Å². The first-order chi connectivity index (χ1) is 16.4. The van der Waals surface area contributed by atoms with Crippen molar-refractivity contribution in [1.82, 2.24) is 14.8 Å². The van der Waals surface area contributed by atoms with Crippen LogP contribution in [0.4, 0.5) is 10.5 Å². The van der Waals surface area contributed by atoms with Gasteiger partial charge in [-0.1, -0.05) is 54.4 Å². The Balaban J connectivity index is 1.62. The number of carbonyl (C=O) groups is 2. The first-order valence-electron chi connectivity index (χ1n) is 10.4. The minimum Gasteiger partial charge on any atom is -0.441 e. The van der Waals surface area contributed by atoms with E-state index in [0.717, 1.165) is 11.3 Å². The number of hydrogen-bond donors (Lipinski definition) is 1. The molecule has 2 aromatic heterocycles. The molecule has 2 heterocycles. The maximum absolute atomic E-state index is 13.4. The second-order valence-electron chi connectivity index (χ2n) is 7.27. The van der Waals surface area contributed by atoms with E-state index >= 15 is 0 Å². The predicted octanol–water partition coefficient (Wildman–Crippen LogP) is 6.49. The molecule has 0 radical (unpaired) electrons. The van der Waals surface area contributed by atoms with Crippen LogP contribution in [0.5, 0.6) is 0 Å². The number of aromatic nitrogens is 3. The van der Waals surface area contributed by atoms with Gasteiger partial charge in [0.1, 0.15) is 10.8 Å². The number of para-hydroxylation sites is 1. The minimum atomic E-state index is -0.687. The number of carbonyl (C=O) groups excluding carboxylic acids is 2. The van der Waals surface area contributed by atoms with E-state index in [4.69, 9.17) is 27.9 Å². The highest BCUT2D eigenvalue weighted by Crippen LogP contribution is 2.32. The van der Waals surface area contributed by atoms with Gasteiger partial charge in [-0.2, -0.15) is 0 Å². The van der Waals surface area contributed by atoms with E-state index in [1.807, 2.05) is 13.0 Å². The lowest BCUT2D eigenvalue weighted by Gasteiger charge is -2.11. The molecule has 34 heavy (non-hydrogen) atoms. The van der Waals surface area contributed by atoms with Crippen molar-refractivity contribution >= 4 is 52.1 Å². The lowest BCUT2D eigenvalue weighted by molar-refractivity contribution is 0.103. The van der Waals surface area contributed by atoms with Crippen LogP contribution in [0.15, 0.2) is 54.6 Å². The Labute approximate surface area is 210 Å². The van der Waals surface area contributed by atoms with E-state index in [2.05, 4.69) is 15.5 Å². The first kappa shape index (κ1) is 23.9. The van der Waals surface area contributed by atoms with Gasteiger partial charge in [-0.05, 0) is 43.7 Å². The summed E-state index contributed by atoms with van der Waals surface area (Å²) in [7, 11) is 0. The van der Waals surface area contributed by atoms with Crippen LogP contribution in [0.25, 0.3) is 5.00 Å². The van der Waals surface area contributed by atoms with Crippen molar-refractivity contribution in [2.75, 3.05) is 5.32 Å². The number of aryl methyl sites for hydroxylation is 2. The predicted molar refractivity (Wildman–Crippen MR) is 133 cm³/mol. The van der Waals surface area contributed by atoms with Crippen LogP contribution in [0.3, 0.4) is 0 Å².